The van der Waals surface area contributed by atoms with Gasteiger partial charge in [0.15, 0.2) is 0 Å². The molecule has 1 N–H and O–H groups in total. The number of amides is 2. The van der Waals surface area contributed by atoms with Crippen molar-refractivity contribution in [3.63, 3.8) is 0 Å². The van der Waals surface area contributed by atoms with E-state index in [0.29, 0.717) is 13.1 Å². The minimum atomic E-state index is -0.448. The average Bonchev–Trinajstić information content (AvgIpc) is 3.12. The zero-order valence-corrected chi connectivity index (χ0v) is 13.5. The maximum Gasteiger partial charge on any atom is 0.322 e. The molecule has 0 bridgehead atoms. The van der Waals surface area contributed by atoms with Crippen molar-refractivity contribution in [2.45, 2.75) is 12.6 Å². The second-order valence-corrected chi connectivity index (χ2v) is 5.91. The lowest BCUT2D eigenvalue weighted by molar-refractivity contribution is 0.181. The van der Waals surface area contributed by atoms with Gasteiger partial charge < -0.3 is 14.8 Å². The topological polar surface area (TPSA) is 50.2 Å². The van der Waals surface area contributed by atoms with Crippen LogP contribution in [-0.2, 0) is 6.54 Å². The zero-order valence-electron chi connectivity index (χ0n) is 13.5. The number of aromatic nitrogens is 2. The smallest absolute Gasteiger partial charge is 0.322 e. The van der Waals surface area contributed by atoms with Crippen molar-refractivity contribution in [2.24, 2.45) is 0 Å². The van der Waals surface area contributed by atoms with Gasteiger partial charge in [-0.3, -0.25) is 4.98 Å². The van der Waals surface area contributed by atoms with Crippen molar-refractivity contribution in [1.82, 2.24) is 14.5 Å². The van der Waals surface area contributed by atoms with Gasteiger partial charge in [-0.15, -0.1) is 0 Å². The van der Waals surface area contributed by atoms with Crippen molar-refractivity contribution in [2.75, 3.05) is 11.9 Å². The fraction of sp³-hybridized carbons (Fsp3) is 0.158. The molecule has 0 fully saturated rings. The number of hydrogen-bond donors (Lipinski definition) is 1. The number of rotatable bonds is 2. The van der Waals surface area contributed by atoms with Crippen LogP contribution in [0.25, 0.3) is 0 Å². The molecule has 0 aliphatic carbocycles. The van der Waals surface area contributed by atoms with Crippen LogP contribution in [0.15, 0.2) is 67.1 Å². The minimum Gasteiger partial charge on any atom is -0.348 e. The molecule has 4 rings (SSSR count). The van der Waals surface area contributed by atoms with Gasteiger partial charge in [0, 0.05) is 37.4 Å². The van der Waals surface area contributed by atoms with Crippen LogP contribution in [0.3, 0.4) is 0 Å². The van der Waals surface area contributed by atoms with E-state index in [4.69, 9.17) is 0 Å². The van der Waals surface area contributed by atoms with Crippen LogP contribution in [0.5, 0.6) is 0 Å². The molecule has 1 aliphatic heterocycles. The number of nitrogens with one attached hydrogen (secondary N) is 1. The summed E-state index contributed by atoms with van der Waals surface area (Å²) in [6.07, 6.45) is 5.43. The fourth-order valence-electron chi connectivity index (χ4n) is 3.25. The summed E-state index contributed by atoms with van der Waals surface area (Å²) in [7, 11) is 0. The number of benzene rings is 1. The van der Waals surface area contributed by atoms with E-state index in [1.54, 1.807) is 35.5 Å². The van der Waals surface area contributed by atoms with Crippen LogP contribution in [-0.4, -0.2) is 27.0 Å². The third kappa shape index (κ3) is 2.87. The lowest BCUT2D eigenvalue weighted by atomic mass is 10.0. The number of anilines is 1. The molecule has 126 valence electrons. The Morgan fingerprint density at radius 3 is 2.68 bits per heavy atom. The molecule has 0 radical (unpaired) electrons. The Balaban J connectivity index is 1.68. The number of para-hydroxylation sites is 1. The first-order valence-electron chi connectivity index (χ1n) is 8.11. The van der Waals surface area contributed by atoms with E-state index >= 15 is 0 Å². The molecule has 0 saturated carbocycles. The molecular weight excluding hydrogens is 319 g/mol. The Labute approximate surface area is 144 Å². The van der Waals surface area contributed by atoms with Crippen LogP contribution < -0.4 is 5.32 Å². The molecule has 1 unspecified atom stereocenters. The standard InChI is InChI=1S/C19H17FN4O/c20-15-4-1-2-5-16(15)22-19(25)24-13-12-23-11-3-6-17(23)18(24)14-7-9-21-10-8-14/h1-11,18H,12-13H2,(H,22,25). The lowest BCUT2D eigenvalue weighted by Crippen LogP contribution is -2.44. The highest BCUT2D eigenvalue weighted by molar-refractivity contribution is 5.90. The molecular formula is C19H17FN4O. The van der Waals surface area contributed by atoms with Gasteiger partial charge in [-0.05, 0) is 42.0 Å². The maximum absolute atomic E-state index is 13.9. The summed E-state index contributed by atoms with van der Waals surface area (Å²) < 4.78 is 16.0. The summed E-state index contributed by atoms with van der Waals surface area (Å²) in [6.45, 7) is 1.24. The summed E-state index contributed by atoms with van der Waals surface area (Å²) in [5, 5.41) is 2.69. The number of carbonyl (C=O) groups is 1. The van der Waals surface area contributed by atoms with Crippen molar-refractivity contribution in [3.05, 3.63) is 84.2 Å². The predicted molar refractivity (Wildman–Crippen MR) is 92.6 cm³/mol. The van der Waals surface area contributed by atoms with Crippen LogP contribution in [0, 0.1) is 5.82 Å². The SMILES string of the molecule is O=C(Nc1ccccc1F)N1CCn2cccc2C1c1ccncc1. The van der Waals surface area contributed by atoms with E-state index in [0.717, 1.165) is 11.3 Å². The number of hydrogen-bond acceptors (Lipinski definition) is 2. The highest BCUT2D eigenvalue weighted by Gasteiger charge is 2.32. The molecule has 2 amide bonds. The molecule has 3 heterocycles. The largest absolute Gasteiger partial charge is 0.348 e. The Bertz CT molecular complexity index is 893. The second-order valence-electron chi connectivity index (χ2n) is 5.91. The summed E-state index contributed by atoms with van der Waals surface area (Å²) in [4.78, 5) is 18.6. The quantitative estimate of drug-likeness (QED) is 0.776. The number of carbonyl (C=O) groups excluding carboxylic acids is 1. The van der Waals surface area contributed by atoms with Gasteiger partial charge in [0.25, 0.3) is 0 Å². The number of nitrogens with zero attached hydrogens (tertiary/aromatic N) is 3. The number of halogens is 1. The lowest BCUT2D eigenvalue weighted by Gasteiger charge is -2.37. The van der Waals surface area contributed by atoms with E-state index in [1.165, 1.54) is 6.07 Å². The fourth-order valence-corrected chi connectivity index (χ4v) is 3.25. The summed E-state index contributed by atoms with van der Waals surface area (Å²) >= 11 is 0. The van der Waals surface area contributed by atoms with E-state index in [-0.39, 0.29) is 17.8 Å². The average molecular weight is 336 g/mol. The number of urea groups is 1. The van der Waals surface area contributed by atoms with Crippen molar-refractivity contribution < 1.29 is 9.18 Å². The zero-order chi connectivity index (χ0) is 17.2. The van der Waals surface area contributed by atoms with Crippen LogP contribution >= 0.6 is 0 Å². The van der Waals surface area contributed by atoms with Gasteiger partial charge in [0.2, 0.25) is 0 Å². The van der Waals surface area contributed by atoms with Crippen molar-refractivity contribution >= 4 is 11.7 Å². The third-order valence-electron chi connectivity index (χ3n) is 4.44. The first-order valence-corrected chi connectivity index (χ1v) is 8.11. The van der Waals surface area contributed by atoms with Gasteiger partial charge in [-0.25, -0.2) is 9.18 Å². The molecule has 1 atom stereocenters. The molecule has 1 aromatic carbocycles. The van der Waals surface area contributed by atoms with Gasteiger partial charge >= 0.3 is 6.03 Å². The monoisotopic (exact) mass is 336 g/mol. The third-order valence-corrected chi connectivity index (χ3v) is 4.44. The van der Waals surface area contributed by atoms with Gasteiger partial charge in [0.05, 0.1) is 11.7 Å². The Morgan fingerprint density at radius 2 is 1.88 bits per heavy atom. The minimum absolute atomic E-state index is 0.182. The molecule has 6 heteroatoms. The van der Waals surface area contributed by atoms with Gasteiger partial charge in [0.1, 0.15) is 5.82 Å². The maximum atomic E-state index is 13.9. The molecule has 1 aliphatic rings. The van der Waals surface area contributed by atoms with Gasteiger partial charge in [-0.1, -0.05) is 12.1 Å². The first-order chi connectivity index (χ1) is 12.2. The highest BCUT2D eigenvalue weighted by Crippen LogP contribution is 2.32. The predicted octanol–water partition coefficient (Wildman–Crippen LogP) is 3.66. The van der Waals surface area contributed by atoms with E-state index in [1.807, 2.05) is 30.5 Å². The Kier molecular flexibility index (Phi) is 3.93. The normalized spacial score (nSPS) is 16.4. The number of pyridine rings is 1. The molecule has 0 spiro atoms. The summed E-state index contributed by atoms with van der Waals surface area (Å²) in [6, 6.07) is 13.4. The van der Waals surface area contributed by atoms with Crippen molar-refractivity contribution in [1.29, 1.82) is 0 Å². The van der Waals surface area contributed by atoms with Crippen molar-refractivity contribution in [3.8, 4) is 0 Å². The van der Waals surface area contributed by atoms with Crippen LogP contribution in [0.2, 0.25) is 0 Å². The first kappa shape index (κ1) is 15.4. The summed E-state index contributed by atoms with van der Waals surface area (Å²) in [5.41, 5.74) is 2.18. The van der Waals surface area contributed by atoms with Gasteiger partial charge in [-0.2, -0.15) is 0 Å². The van der Waals surface area contributed by atoms with E-state index < -0.39 is 5.82 Å². The van der Waals surface area contributed by atoms with E-state index in [9.17, 15) is 9.18 Å². The molecule has 3 aromatic rings. The van der Waals surface area contributed by atoms with Crippen LogP contribution in [0.1, 0.15) is 17.3 Å². The summed E-state index contributed by atoms with van der Waals surface area (Å²) in [5.74, 6) is -0.448. The highest BCUT2D eigenvalue weighted by atomic mass is 19.1. The van der Waals surface area contributed by atoms with E-state index in [2.05, 4.69) is 14.9 Å². The molecule has 25 heavy (non-hydrogen) atoms. The molecule has 0 saturated heterocycles. The van der Waals surface area contributed by atoms with Crippen LogP contribution in [0.4, 0.5) is 14.9 Å². The molecule has 5 nitrogen and oxygen atoms in total. The Hall–Kier alpha value is -3.15. The molecule has 2 aromatic heterocycles. The number of fused-ring (bicyclic) bond motifs is 1. The Morgan fingerprint density at radius 1 is 1.08 bits per heavy atom. The second kappa shape index (κ2) is 6.39.